The van der Waals surface area contributed by atoms with Crippen LogP contribution in [-0.4, -0.2) is 0 Å². The largest absolute Gasteiger partial charge is 0.469 e. The maximum atomic E-state index is 5.49. The molecule has 0 aromatic carbocycles. The van der Waals surface area contributed by atoms with Gasteiger partial charge in [0.05, 0.1) is 12.3 Å². The first-order valence-electron chi connectivity index (χ1n) is 4.41. The smallest absolute Gasteiger partial charge is 0.105 e. The van der Waals surface area contributed by atoms with Crippen LogP contribution < -0.4 is 11.3 Å². The lowest BCUT2D eigenvalue weighted by atomic mass is 10.1. The van der Waals surface area contributed by atoms with Gasteiger partial charge in [0.15, 0.2) is 0 Å². The second kappa shape index (κ2) is 4.41. The van der Waals surface area contributed by atoms with Crippen molar-refractivity contribution in [1.82, 2.24) is 5.43 Å². The SMILES string of the molecule is NNC(Cc1ccco1)c1ccsc1. The molecule has 2 heterocycles. The van der Waals surface area contributed by atoms with E-state index in [1.807, 2.05) is 17.5 Å². The van der Waals surface area contributed by atoms with Crippen LogP contribution in [0.25, 0.3) is 0 Å². The van der Waals surface area contributed by atoms with Gasteiger partial charge in [0.1, 0.15) is 5.76 Å². The molecule has 2 aromatic rings. The third-order valence-corrected chi connectivity index (χ3v) is 2.83. The lowest BCUT2D eigenvalue weighted by molar-refractivity contribution is 0.455. The lowest BCUT2D eigenvalue weighted by Crippen LogP contribution is -2.29. The van der Waals surface area contributed by atoms with Crippen LogP contribution in [0.5, 0.6) is 0 Å². The molecule has 0 aliphatic rings. The minimum atomic E-state index is 0.132. The fraction of sp³-hybridized carbons (Fsp3) is 0.200. The molecule has 0 amide bonds. The number of furan rings is 1. The van der Waals surface area contributed by atoms with Crippen LogP contribution >= 0.6 is 11.3 Å². The molecule has 0 aliphatic carbocycles. The predicted octanol–water partition coefficient (Wildman–Crippen LogP) is 2.09. The Hall–Kier alpha value is -1.10. The van der Waals surface area contributed by atoms with Crippen molar-refractivity contribution < 1.29 is 4.42 Å². The summed E-state index contributed by atoms with van der Waals surface area (Å²) in [5.41, 5.74) is 3.99. The van der Waals surface area contributed by atoms with Crippen molar-refractivity contribution in [3.05, 3.63) is 46.5 Å². The van der Waals surface area contributed by atoms with Gasteiger partial charge < -0.3 is 4.42 Å². The molecule has 0 fully saturated rings. The van der Waals surface area contributed by atoms with Crippen LogP contribution in [0.2, 0.25) is 0 Å². The van der Waals surface area contributed by atoms with Gasteiger partial charge in [0.25, 0.3) is 0 Å². The summed E-state index contributed by atoms with van der Waals surface area (Å²) in [6.07, 6.45) is 2.46. The van der Waals surface area contributed by atoms with E-state index in [1.165, 1.54) is 5.56 Å². The molecule has 0 spiro atoms. The topological polar surface area (TPSA) is 51.2 Å². The number of nitrogens with two attached hydrogens (primary N) is 1. The molecule has 0 radical (unpaired) electrons. The summed E-state index contributed by atoms with van der Waals surface area (Å²) in [6, 6.07) is 6.04. The van der Waals surface area contributed by atoms with Crippen molar-refractivity contribution in [2.24, 2.45) is 5.84 Å². The Bertz CT molecular complexity index is 355. The minimum absolute atomic E-state index is 0.132. The van der Waals surface area contributed by atoms with Crippen LogP contribution in [0.1, 0.15) is 17.4 Å². The maximum Gasteiger partial charge on any atom is 0.105 e. The average molecular weight is 208 g/mol. The number of rotatable bonds is 4. The fourth-order valence-corrected chi connectivity index (χ4v) is 2.09. The molecular weight excluding hydrogens is 196 g/mol. The minimum Gasteiger partial charge on any atom is -0.469 e. The van der Waals surface area contributed by atoms with Crippen molar-refractivity contribution in [2.75, 3.05) is 0 Å². The molecule has 3 nitrogen and oxygen atoms in total. The molecule has 14 heavy (non-hydrogen) atoms. The van der Waals surface area contributed by atoms with Crippen LogP contribution in [0.15, 0.2) is 39.6 Å². The Morgan fingerprint density at radius 3 is 3.00 bits per heavy atom. The molecule has 0 saturated heterocycles. The lowest BCUT2D eigenvalue weighted by Gasteiger charge is -2.12. The Labute approximate surface area is 86.5 Å². The zero-order valence-electron chi connectivity index (χ0n) is 7.64. The van der Waals surface area contributed by atoms with Crippen molar-refractivity contribution in [2.45, 2.75) is 12.5 Å². The van der Waals surface area contributed by atoms with E-state index in [4.69, 9.17) is 10.3 Å². The first-order valence-corrected chi connectivity index (χ1v) is 5.35. The molecule has 2 rings (SSSR count). The maximum absolute atomic E-state index is 5.49. The third-order valence-electron chi connectivity index (χ3n) is 2.13. The first kappa shape index (κ1) is 9.45. The third kappa shape index (κ3) is 2.04. The van der Waals surface area contributed by atoms with Gasteiger partial charge in [-0.15, -0.1) is 0 Å². The van der Waals surface area contributed by atoms with Crippen molar-refractivity contribution in [3.63, 3.8) is 0 Å². The molecule has 3 N–H and O–H groups in total. The molecular formula is C10H12N2OS. The Morgan fingerprint density at radius 1 is 1.50 bits per heavy atom. The number of hydrazine groups is 1. The molecule has 4 heteroatoms. The molecule has 0 saturated carbocycles. The van der Waals surface area contributed by atoms with Gasteiger partial charge in [-0.2, -0.15) is 11.3 Å². The Balaban J connectivity index is 2.08. The summed E-state index contributed by atoms with van der Waals surface area (Å²) in [7, 11) is 0. The van der Waals surface area contributed by atoms with E-state index < -0.39 is 0 Å². The summed E-state index contributed by atoms with van der Waals surface area (Å²) in [5, 5.41) is 4.13. The molecule has 1 atom stereocenters. The van der Waals surface area contributed by atoms with Gasteiger partial charge in [0.2, 0.25) is 0 Å². The van der Waals surface area contributed by atoms with E-state index in [1.54, 1.807) is 17.6 Å². The fourth-order valence-electron chi connectivity index (χ4n) is 1.38. The van der Waals surface area contributed by atoms with Crippen LogP contribution in [0.4, 0.5) is 0 Å². The molecule has 2 aromatic heterocycles. The highest BCUT2D eigenvalue weighted by molar-refractivity contribution is 7.07. The van der Waals surface area contributed by atoms with Gasteiger partial charge in [0, 0.05) is 6.42 Å². The molecule has 74 valence electrons. The van der Waals surface area contributed by atoms with E-state index in [0.717, 1.165) is 12.2 Å². The van der Waals surface area contributed by atoms with E-state index in [-0.39, 0.29) is 6.04 Å². The summed E-state index contributed by atoms with van der Waals surface area (Å²) < 4.78 is 5.27. The molecule has 0 aliphatic heterocycles. The zero-order chi connectivity index (χ0) is 9.80. The summed E-state index contributed by atoms with van der Waals surface area (Å²) in [5.74, 6) is 6.44. The van der Waals surface area contributed by atoms with Gasteiger partial charge in [-0.25, -0.2) is 0 Å². The van der Waals surface area contributed by atoms with Crippen molar-refractivity contribution in [1.29, 1.82) is 0 Å². The summed E-state index contributed by atoms with van der Waals surface area (Å²) in [4.78, 5) is 0. The van der Waals surface area contributed by atoms with Crippen molar-refractivity contribution in [3.8, 4) is 0 Å². The first-order chi connectivity index (χ1) is 6.90. The highest BCUT2D eigenvalue weighted by atomic mass is 32.1. The van der Waals surface area contributed by atoms with Gasteiger partial charge in [-0.3, -0.25) is 11.3 Å². The number of nitrogens with one attached hydrogen (secondary N) is 1. The quantitative estimate of drug-likeness (QED) is 0.597. The second-order valence-electron chi connectivity index (χ2n) is 3.06. The van der Waals surface area contributed by atoms with Gasteiger partial charge in [-0.05, 0) is 34.5 Å². The Morgan fingerprint density at radius 2 is 2.43 bits per heavy atom. The van der Waals surface area contributed by atoms with E-state index in [0.29, 0.717) is 0 Å². The summed E-state index contributed by atoms with van der Waals surface area (Å²) >= 11 is 1.67. The van der Waals surface area contributed by atoms with E-state index >= 15 is 0 Å². The van der Waals surface area contributed by atoms with Crippen LogP contribution in [0.3, 0.4) is 0 Å². The average Bonchev–Trinajstić information content (AvgIpc) is 2.86. The molecule has 0 bridgehead atoms. The molecule has 1 unspecified atom stereocenters. The zero-order valence-corrected chi connectivity index (χ0v) is 8.46. The predicted molar refractivity (Wildman–Crippen MR) is 56.8 cm³/mol. The van der Waals surface area contributed by atoms with Crippen molar-refractivity contribution >= 4 is 11.3 Å². The van der Waals surface area contributed by atoms with E-state index in [2.05, 4.69) is 16.9 Å². The van der Waals surface area contributed by atoms with Gasteiger partial charge in [-0.1, -0.05) is 0 Å². The summed E-state index contributed by atoms with van der Waals surface area (Å²) in [6.45, 7) is 0. The second-order valence-corrected chi connectivity index (χ2v) is 3.84. The highest BCUT2D eigenvalue weighted by Gasteiger charge is 2.11. The standard InChI is InChI=1S/C10H12N2OS/c11-12-10(8-3-5-14-7-8)6-9-2-1-4-13-9/h1-5,7,10,12H,6,11H2. The normalized spacial score (nSPS) is 12.9. The highest BCUT2D eigenvalue weighted by Crippen LogP contribution is 2.20. The van der Waals surface area contributed by atoms with Crippen LogP contribution in [0, 0.1) is 0 Å². The Kier molecular flexibility index (Phi) is 2.98. The monoisotopic (exact) mass is 208 g/mol. The number of hydrogen-bond acceptors (Lipinski definition) is 4. The van der Waals surface area contributed by atoms with E-state index in [9.17, 15) is 0 Å². The van der Waals surface area contributed by atoms with Crippen LogP contribution in [-0.2, 0) is 6.42 Å². The number of thiophene rings is 1. The number of hydrogen-bond donors (Lipinski definition) is 2. The van der Waals surface area contributed by atoms with Gasteiger partial charge >= 0.3 is 0 Å².